The highest BCUT2D eigenvalue weighted by atomic mass is 16.5. The van der Waals surface area contributed by atoms with Gasteiger partial charge in [0.25, 0.3) is 0 Å². The van der Waals surface area contributed by atoms with Crippen LogP contribution in [-0.4, -0.2) is 21.3 Å². The van der Waals surface area contributed by atoms with Crippen LogP contribution >= 0.6 is 0 Å². The van der Waals surface area contributed by atoms with Gasteiger partial charge >= 0.3 is 0 Å². The van der Waals surface area contributed by atoms with E-state index in [1.807, 2.05) is 0 Å². The van der Waals surface area contributed by atoms with Gasteiger partial charge < -0.3 is 14.2 Å². The summed E-state index contributed by atoms with van der Waals surface area (Å²) < 4.78 is 16.8. The van der Waals surface area contributed by atoms with Gasteiger partial charge in [0.15, 0.2) is 0 Å². The van der Waals surface area contributed by atoms with Crippen molar-refractivity contribution in [1.82, 2.24) is 0 Å². The maximum Gasteiger partial charge on any atom is 0.119 e. The average molecular weight is 384 g/mol. The summed E-state index contributed by atoms with van der Waals surface area (Å²) in [4.78, 5) is 0. The van der Waals surface area contributed by atoms with E-state index in [4.69, 9.17) is 14.2 Å². The second-order valence-corrected chi connectivity index (χ2v) is 8.65. The summed E-state index contributed by atoms with van der Waals surface area (Å²) in [7, 11) is 5.24. The third-order valence-electron chi connectivity index (χ3n) is 7.61. The molecule has 29 heavy (non-hydrogen) atoms. The molecule has 3 atom stereocenters. The van der Waals surface area contributed by atoms with Crippen LogP contribution in [0.1, 0.15) is 58.1 Å². The van der Waals surface area contributed by atoms with E-state index in [0.29, 0.717) is 17.8 Å². The molecule has 3 unspecified atom stereocenters. The Morgan fingerprint density at radius 1 is 0.517 bits per heavy atom. The maximum absolute atomic E-state index is 5.59. The quantitative estimate of drug-likeness (QED) is 0.601. The summed E-state index contributed by atoms with van der Waals surface area (Å²) in [6.45, 7) is 2.47. The fourth-order valence-corrected chi connectivity index (χ4v) is 6.59. The van der Waals surface area contributed by atoms with Crippen LogP contribution in [0.3, 0.4) is 0 Å². The summed E-state index contributed by atoms with van der Waals surface area (Å²) >= 11 is 0. The number of benzene rings is 3. The summed E-state index contributed by atoms with van der Waals surface area (Å²) in [5, 5.41) is 0. The molecule has 0 spiro atoms. The third kappa shape index (κ3) is 1.89. The molecule has 3 aliphatic rings. The number of rotatable bonds is 3. The number of hydrogen-bond acceptors (Lipinski definition) is 3. The van der Waals surface area contributed by atoms with E-state index < -0.39 is 0 Å². The van der Waals surface area contributed by atoms with Crippen LogP contribution in [0.15, 0.2) is 54.6 Å². The first kappa shape index (κ1) is 17.0. The van der Waals surface area contributed by atoms with Crippen LogP contribution in [-0.2, 0) is 0 Å². The Kier molecular flexibility index (Phi) is 3.25. The molecule has 0 aliphatic heterocycles. The molecule has 0 saturated carbocycles. The summed E-state index contributed by atoms with van der Waals surface area (Å²) in [6.07, 6.45) is 0. The van der Waals surface area contributed by atoms with Gasteiger partial charge in [-0.1, -0.05) is 25.1 Å². The van der Waals surface area contributed by atoms with Gasteiger partial charge in [0.05, 0.1) is 21.3 Å². The molecule has 0 saturated heterocycles. The van der Waals surface area contributed by atoms with Crippen molar-refractivity contribution < 1.29 is 14.2 Å². The van der Waals surface area contributed by atoms with Gasteiger partial charge in [0.2, 0.25) is 0 Å². The van der Waals surface area contributed by atoms with Gasteiger partial charge in [-0.2, -0.15) is 0 Å². The second kappa shape index (κ2) is 5.56. The van der Waals surface area contributed by atoms with Crippen molar-refractivity contribution in [2.75, 3.05) is 21.3 Å². The molecule has 0 radical (unpaired) electrons. The van der Waals surface area contributed by atoms with Crippen LogP contribution in [0.2, 0.25) is 0 Å². The van der Waals surface area contributed by atoms with Crippen LogP contribution in [0.25, 0.3) is 0 Å². The number of hydrogen-bond donors (Lipinski definition) is 0. The molecule has 0 aromatic heterocycles. The van der Waals surface area contributed by atoms with Crippen LogP contribution in [0.5, 0.6) is 17.2 Å². The largest absolute Gasteiger partial charge is 0.497 e. The Bertz CT molecular complexity index is 1020. The minimum Gasteiger partial charge on any atom is -0.497 e. The Balaban J connectivity index is 1.70. The first-order valence-corrected chi connectivity index (χ1v) is 10.1. The topological polar surface area (TPSA) is 27.7 Å². The minimum atomic E-state index is 0.0676. The van der Waals surface area contributed by atoms with Crippen molar-refractivity contribution in [3.63, 3.8) is 0 Å². The zero-order valence-electron chi connectivity index (χ0n) is 17.2. The Labute approximate surface area is 171 Å². The predicted octanol–water partition coefficient (Wildman–Crippen LogP) is 5.46. The highest BCUT2D eigenvalue weighted by Gasteiger charge is 2.64. The Hall–Kier alpha value is -2.94. The lowest BCUT2D eigenvalue weighted by molar-refractivity contribution is 0.288. The first-order chi connectivity index (χ1) is 14.1. The van der Waals surface area contributed by atoms with Crippen molar-refractivity contribution in [3.05, 3.63) is 88.0 Å². The molecular formula is C26H24O3. The SMILES string of the molecule is COc1ccc2c(c1)C1c3ccc(OC)cc3C3c4ccc(OC)cc4C2C13C. The molecule has 0 heterocycles. The van der Waals surface area contributed by atoms with E-state index >= 15 is 0 Å². The summed E-state index contributed by atoms with van der Waals surface area (Å²) in [5.74, 6) is 3.83. The smallest absolute Gasteiger partial charge is 0.119 e. The van der Waals surface area contributed by atoms with E-state index in [1.165, 1.54) is 33.4 Å². The molecule has 146 valence electrons. The zero-order valence-corrected chi connectivity index (χ0v) is 17.2. The lowest BCUT2D eigenvalue weighted by Crippen LogP contribution is -2.23. The monoisotopic (exact) mass is 384 g/mol. The van der Waals surface area contributed by atoms with Gasteiger partial charge in [0, 0.05) is 23.2 Å². The number of methoxy groups -OCH3 is 3. The standard InChI is InChI=1S/C26H24O3/c1-26-23-18-9-6-15(28-3)12-21(18)25(26)19-10-7-16(29-4)13-22(19)24(26)17-8-5-14(27-2)11-20(17)23/h5-13,23-25H,1-4H3. The first-order valence-electron chi connectivity index (χ1n) is 10.1. The molecule has 3 nitrogen and oxygen atoms in total. The van der Waals surface area contributed by atoms with E-state index in [2.05, 4.69) is 61.5 Å². The van der Waals surface area contributed by atoms with Crippen molar-refractivity contribution in [1.29, 1.82) is 0 Å². The lowest BCUT2D eigenvalue weighted by Gasteiger charge is -2.31. The van der Waals surface area contributed by atoms with Gasteiger partial charge in [0.1, 0.15) is 17.2 Å². The highest BCUT2D eigenvalue weighted by molar-refractivity contribution is 5.70. The number of ether oxygens (including phenoxy) is 3. The van der Waals surface area contributed by atoms with Gasteiger partial charge in [-0.15, -0.1) is 0 Å². The molecule has 0 bridgehead atoms. The fraction of sp³-hybridized carbons (Fsp3) is 0.308. The Morgan fingerprint density at radius 2 is 0.828 bits per heavy atom. The predicted molar refractivity (Wildman–Crippen MR) is 113 cm³/mol. The van der Waals surface area contributed by atoms with E-state index in [0.717, 1.165) is 17.2 Å². The number of fused-ring (bicyclic) bond motifs is 9. The van der Waals surface area contributed by atoms with Crippen molar-refractivity contribution in [2.45, 2.75) is 24.7 Å². The van der Waals surface area contributed by atoms with Crippen LogP contribution < -0.4 is 14.2 Å². The van der Waals surface area contributed by atoms with Crippen molar-refractivity contribution >= 4 is 0 Å². The minimum absolute atomic E-state index is 0.0676. The van der Waals surface area contributed by atoms with Crippen LogP contribution in [0, 0.1) is 5.41 Å². The fourth-order valence-electron chi connectivity index (χ4n) is 6.59. The molecular weight excluding hydrogens is 360 g/mol. The molecule has 3 heteroatoms. The summed E-state index contributed by atoms with van der Waals surface area (Å²) in [5.41, 5.74) is 8.56. The van der Waals surface area contributed by atoms with Crippen molar-refractivity contribution in [3.8, 4) is 17.2 Å². The van der Waals surface area contributed by atoms with E-state index in [1.54, 1.807) is 21.3 Å². The van der Waals surface area contributed by atoms with Gasteiger partial charge in [-0.3, -0.25) is 0 Å². The molecule has 0 amide bonds. The lowest BCUT2D eigenvalue weighted by atomic mass is 9.70. The highest BCUT2D eigenvalue weighted by Crippen LogP contribution is 2.76. The average Bonchev–Trinajstić information content (AvgIpc) is 3.27. The molecule has 0 fully saturated rings. The Morgan fingerprint density at radius 3 is 1.10 bits per heavy atom. The van der Waals surface area contributed by atoms with Gasteiger partial charge in [-0.25, -0.2) is 0 Å². The van der Waals surface area contributed by atoms with E-state index in [-0.39, 0.29) is 5.41 Å². The van der Waals surface area contributed by atoms with Crippen molar-refractivity contribution in [2.24, 2.45) is 5.41 Å². The van der Waals surface area contributed by atoms with E-state index in [9.17, 15) is 0 Å². The summed E-state index contributed by atoms with van der Waals surface area (Å²) in [6, 6.07) is 19.9. The second-order valence-electron chi connectivity index (χ2n) is 8.65. The van der Waals surface area contributed by atoms with Gasteiger partial charge in [-0.05, 0) is 69.8 Å². The molecule has 3 aromatic rings. The molecule has 6 rings (SSSR count). The normalized spacial score (nSPS) is 27.1. The zero-order chi connectivity index (χ0) is 19.9. The molecule has 3 aromatic carbocycles. The maximum atomic E-state index is 5.59. The van der Waals surface area contributed by atoms with Crippen LogP contribution in [0.4, 0.5) is 0 Å². The molecule has 3 aliphatic carbocycles. The molecule has 0 N–H and O–H groups in total. The third-order valence-corrected chi connectivity index (χ3v) is 7.61.